The van der Waals surface area contributed by atoms with Gasteiger partial charge in [0.1, 0.15) is 0 Å². The first-order valence-corrected chi connectivity index (χ1v) is 10.4. The van der Waals surface area contributed by atoms with Crippen molar-refractivity contribution in [3.05, 3.63) is 70.3 Å². The molecular weight excluding hydrogens is 324 g/mol. The summed E-state index contributed by atoms with van der Waals surface area (Å²) in [4.78, 5) is 0. The third-order valence-electron chi connectivity index (χ3n) is 5.54. The highest BCUT2D eigenvalue weighted by Gasteiger charge is 2.30. The molecule has 27 heavy (non-hydrogen) atoms. The van der Waals surface area contributed by atoms with Gasteiger partial charge in [0, 0.05) is 0 Å². The largest absolute Gasteiger partial charge is 0.0622 e. The van der Waals surface area contributed by atoms with E-state index < -0.39 is 0 Å². The molecular formula is C27H40. The predicted octanol–water partition coefficient (Wildman–Crippen LogP) is 7.93. The quantitative estimate of drug-likeness (QED) is 0.518. The lowest BCUT2D eigenvalue weighted by atomic mass is 9.69. The normalized spacial score (nSPS) is 14.3. The van der Waals surface area contributed by atoms with E-state index in [-0.39, 0.29) is 16.2 Å². The Labute approximate surface area is 168 Å². The Morgan fingerprint density at radius 3 is 1.70 bits per heavy atom. The standard InChI is InChI=1S/C27H40/c1-19(20-14-12-11-13-15-20)16-21-17-22(25(2,3)4)18-23(26(5,6)7)24(21)27(8,9)10/h11-15,17-19H,16H2,1-10H3. The monoisotopic (exact) mass is 364 g/mol. The van der Waals surface area contributed by atoms with Crippen molar-refractivity contribution in [1.29, 1.82) is 0 Å². The van der Waals surface area contributed by atoms with Crippen molar-refractivity contribution in [2.24, 2.45) is 0 Å². The van der Waals surface area contributed by atoms with Gasteiger partial charge in [-0.15, -0.1) is 0 Å². The van der Waals surface area contributed by atoms with Crippen molar-refractivity contribution in [2.75, 3.05) is 0 Å². The van der Waals surface area contributed by atoms with Crippen molar-refractivity contribution in [3.63, 3.8) is 0 Å². The lowest BCUT2D eigenvalue weighted by Gasteiger charge is -2.35. The molecule has 0 heterocycles. The molecule has 0 bridgehead atoms. The van der Waals surface area contributed by atoms with Gasteiger partial charge in [-0.25, -0.2) is 0 Å². The van der Waals surface area contributed by atoms with Crippen molar-refractivity contribution < 1.29 is 0 Å². The zero-order valence-corrected chi connectivity index (χ0v) is 19.3. The minimum Gasteiger partial charge on any atom is -0.0622 e. The first-order valence-electron chi connectivity index (χ1n) is 10.4. The van der Waals surface area contributed by atoms with Gasteiger partial charge in [0.2, 0.25) is 0 Å². The molecule has 0 aliphatic heterocycles. The van der Waals surface area contributed by atoms with Gasteiger partial charge in [-0.05, 0) is 56.4 Å². The molecule has 0 amide bonds. The van der Waals surface area contributed by atoms with Gasteiger partial charge >= 0.3 is 0 Å². The molecule has 0 heteroatoms. The van der Waals surface area contributed by atoms with Gasteiger partial charge in [0.15, 0.2) is 0 Å². The molecule has 1 unspecified atom stereocenters. The molecule has 0 nitrogen and oxygen atoms in total. The predicted molar refractivity (Wildman–Crippen MR) is 121 cm³/mol. The molecule has 0 saturated heterocycles. The van der Waals surface area contributed by atoms with Crippen LogP contribution in [-0.2, 0) is 22.7 Å². The van der Waals surface area contributed by atoms with Crippen molar-refractivity contribution in [2.45, 2.75) is 97.8 Å². The zero-order chi connectivity index (χ0) is 20.6. The SMILES string of the molecule is CC(Cc1cc(C(C)(C)C)cc(C(C)(C)C)c1C(C)(C)C)c1ccccc1. The number of hydrogen-bond donors (Lipinski definition) is 0. The molecule has 0 fully saturated rings. The summed E-state index contributed by atoms with van der Waals surface area (Å²) in [6, 6.07) is 15.9. The molecule has 2 aromatic carbocycles. The highest BCUT2D eigenvalue weighted by atomic mass is 14.3. The fourth-order valence-electron chi connectivity index (χ4n) is 4.00. The van der Waals surface area contributed by atoms with Crippen LogP contribution in [0.2, 0.25) is 0 Å². The minimum atomic E-state index is 0.130. The van der Waals surface area contributed by atoms with E-state index in [0.29, 0.717) is 5.92 Å². The zero-order valence-electron chi connectivity index (χ0n) is 19.3. The van der Waals surface area contributed by atoms with Crippen LogP contribution in [0, 0.1) is 0 Å². The van der Waals surface area contributed by atoms with E-state index in [1.807, 2.05) is 0 Å². The molecule has 0 saturated carbocycles. The maximum Gasteiger partial charge on any atom is -0.0126 e. The highest BCUT2D eigenvalue weighted by molar-refractivity contribution is 5.49. The third-order valence-corrected chi connectivity index (χ3v) is 5.54. The Balaban J connectivity index is 2.69. The molecule has 2 rings (SSSR count). The molecule has 148 valence electrons. The maximum absolute atomic E-state index is 2.50. The van der Waals surface area contributed by atoms with E-state index in [1.165, 1.54) is 22.3 Å². The molecule has 1 atom stereocenters. The molecule has 0 N–H and O–H groups in total. The fraction of sp³-hybridized carbons (Fsp3) is 0.556. The van der Waals surface area contributed by atoms with Gasteiger partial charge in [0.25, 0.3) is 0 Å². The van der Waals surface area contributed by atoms with Crippen molar-refractivity contribution in [1.82, 2.24) is 0 Å². The summed E-state index contributed by atoms with van der Waals surface area (Å²) in [5, 5.41) is 0. The van der Waals surface area contributed by atoms with Crippen LogP contribution in [0.5, 0.6) is 0 Å². The van der Waals surface area contributed by atoms with Crippen LogP contribution < -0.4 is 0 Å². The summed E-state index contributed by atoms with van der Waals surface area (Å²) in [6.45, 7) is 23.5. The van der Waals surface area contributed by atoms with Crippen LogP contribution in [0.4, 0.5) is 0 Å². The van der Waals surface area contributed by atoms with Gasteiger partial charge in [-0.2, -0.15) is 0 Å². The molecule has 0 aliphatic rings. The van der Waals surface area contributed by atoms with E-state index >= 15 is 0 Å². The average Bonchev–Trinajstić information content (AvgIpc) is 2.52. The van der Waals surface area contributed by atoms with Gasteiger partial charge < -0.3 is 0 Å². The molecule has 2 aromatic rings. The summed E-state index contributed by atoms with van der Waals surface area (Å²) < 4.78 is 0. The number of rotatable bonds is 3. The summed E-state index contributed by atoms with van der Waals surface area (Å²) in [7, 11) is 0. The summed E-state index contributed by atoms with van der Waals surface area (Å²) in [6.07, 6.45) is 1.09. The van der Waals surface area contributed by atoms with Crippen LogP contribution in [-0.4, -0.2) is 0 Å². The molecule has 0 aromatic heterocycles. The average molecular weight is 365 g/mol. The van der Waals surface area contributed by atoms with E-state index in [4.69, 9.17) is 0 Å². The topological polar surface area (TPSA) is 0 Å². The Morgan fingerprint density at radius 1 is 0.704 bits per heavy atom. The van der Waals surface area contributed by atoms with Crippen LogP contribution in [0.3, 0.4) is 0 Å². The van der Waals surface area contributed by atoms with Crippen LogP contribution in [0.1, 0.15) is 103 Å². The Kier molecular flexibility index (Phi) is 6.00. The lowest BCUT2D eigenvalue weighted by molar-refractivity contribution is 0.514. The minimum absolute atomic E-state index is 0.130. The van der Waals surface area contributed by atoms with Crippen LogP contribution >= 0.6 is 0 Å². The fourth-order valence-corrected chi connectivity index (χ4v) is 4.00. The molecule has 0 spiro atoms. The third kappa shape index (κ3) is 5.24. The van der Waals surface area contributed by atoms with E-state index in [0.717, 1.165) is 6.42 Å². The Bertz CT molecular complexity index is 759. The van der Waals surface area contributed by atoms with Crippen LogP contribution in [0.15, 0.2) is 42.5 Å². The summed E-state index contributed by atoms with van der Waals surface area (Å²) in [5.41, 5.74) is 7.88. The second-order valence-corrected chi connectivity index (χ2v) is 11.3. The molecule has 0 aliphatic carbocycles. The van der Waals surface area contributed by atoms with Gasteiger partial charge in [0.05, 0.1) is 0 Å². The van der Waals surface area contributed by atoms with Crippen LogP contribution in [0.25, 0.3) is 0 Å². The Hall–Kier alpha value is -1.56. The van der Waals surface area contributed by atoms with Crippen molar-refractivity contribution in [3.8, 4) is 0 Å². The number of hydrogen-bond acceptors (Lipinski definition) is 0. The van der Waals surface area contributed by atoms with E-state index in [1.54, 1.807) is 5.56 Å². The maximum atomic E-state index is 2.50. The van der Waals surface area contributed by atoms with Crippen molar-refractivity contribution >= 4 is 0 Å². The first-order chi connectivity index (χ1) is 12.2. The summed E-state index contributed by atoms with van der Waals surface area (Å²) >= 11 is 0. The highest BCUT2D eigenvalue weighted by Crippen LogP contribution is 2.41. The number of benzene rings is 2. The lowest BCUT2D eigenvalue weighted by Crippen LogP contribution is -2.26. The smallest absolute Gasteiger partial charge is 0.0126 e. The first kappa shape index (κ1) is 21.7. The van der Waals surface area contributed by atoms with Gasteiger partial charge in [-0.3, -0.25) is 0 Å². The Morgan fingerprint density at radius 2 is 1.26 bits per heavy atom. The van der Waals surface area contributed by atoms with E-state index in [2.05, 4.69) is 112 Å². The second kappa shape index (κ2) is 7.46. The summed E-state index contributed by atoms with van der Waals surface area (Å²) in [5.74, 6) is 0.510. The van der Waals surface area contributed by atoms with E-state index in [9.17, 15) is 0 Å². The molecule has 0 radical (unpaired) electrons. The van der Waals surface area contributed by atoms with Gasteiger partial charge in [-0.1, -0.05) is 112 Å². The second-order valence-electron chi connectivity index (χ2n) is 11.3.